The zero-order valence-corrected chi connectivity index (χ0v) is 13.3. The van der Waals surface area contributed by atoms with Crippen LogP contribution in [-0.4, -0.2) is 25.6 Å². The van der Waals surface area contributed by atoms with E-state index in [0.29, 0.717) is 17.3 Å². The number of fused-ring (bicyclic) bond motifs is 1. The van der Waals surface area contributed by atoms with E-state index in [1.54, 1.807) is 39.1 Å². The van der Waals surface area contributed by atoms with E-state index in [1.807, 2.05) is 0 Å². The SMILES string of the molecule is CC(=O)NC(C)(C)c1noc(-c2ccc3[nH]c(=O)n(C)c3c2)n1. The third-order valence-corrected chi connectivity index (χ3v) is 3.63. The van der Waals surface area contributed by atoms with Crippen molar-refractivity contribution in [2.75, 3.05) is 0 Å². The monoisotopic (exact) mass is 315 g/mol. The summed E-state index contributed by atoms with van der Waals surface area (Å²) in [6.07, 6.45) is 0. The molecule has 120 valence electrons. The van der Waals surface area contributed by atoms with Crippen LogP contribution in [0.4, 0.5) is 0 Å². The Kier molecular flexibility index (Phi) is 3.32. The summed E-state index contributed by atoms with van der Waals surface area (Å²) >= 11 is 0. The summed E-state index contributed by atoms with van der Waals surface area (Å²) < 4.78 is 6.82. The number of aromatic amines is 1. The Labute approximate surface area is 131 Å². The van der Waals surface area contributed by atoms with Gasteiger partial charge in [-0.2, -0.15) is 4.98 Å². The topological polar surface area (TPSA) is 106 Å². The zero-order valence-electron chi connectivity index (χ0n) is 13.3. The molecule has 0 saturated carbocycles. The summed E-state index contributed by atoms with van der Waals surface area (Å²) in [7, 11) is 1.68. The van der Waals surface area contributed by atoms with Crippen LogP contribution >= 0.6 is 0 Å². The van der Waals surface area contributed by atoms with Gasteiger partial charge in [-0.05, 0) is 32.0 Å². The zero-order chi connectivity index (χ0) is 16.8. The first-order valence-corrected chi connectivity index (χ1v) is 7.10. The lowest BCUT2D eigenvalue weighted by molar-refractivity contribution is -0.120. The third kappa shape index (κ3) is 2.63. The molecule has 2 N–H and O–H groups in total. The van der Waals surface area contributed by atoms with Gasteiger partial charge in [0.15, 0.2) is 5.82 Å². The van der Waals surface area contributed by atoms with E-state index in [2.05, 4.69) is 20.4 Å². The molecule has 0 fully saturated rings. The van der Waals surface area contributed by atoms with Gasteiger partial charge in [0.25, 0.3) is 5.89 Å². The second kappa shape index (κ2) is 5.08. The van der Waals surface area contributed by atoms with Gasteiger partial charge in [-0.3, -0.25) is 9.36 Å². The Bertz CT molecular complexity index is 948. The van der Waals surface area contributed by atoms with Gasteiger partial charge in [0.2, 0.25) is 5.91 Å². The molecule has 0 aliphatic heterocycles. The molecule has 8 nitrogen and oxygen atoms in total. The van der Waals surface area contributed by atoms with Crippen molar-refractivity contribution in [1.29, 1.82) is 0 Å². The number of aromatic nitrogens is 4. The molecular weight excluding hydrogens is 298 g/mol. The highest BCUT2D eigenvalue weighted by Crippen LogP contribution is 2.24. The Morgan fingerprint density at radius 2 is 2.13 bits per heavy atom. The van der Waals surface area contributed by atoms with Crippen LogP contribution in [-0.2, 0) is 17.4 Å². The van der Waals surface area contributed by atoms with E-state index in [1.165, 1.54) is 11.5 Å². The van der Waals surface area contributed by atoms with Crippen LogP contribution in [0, 0.1) is 0 Å². The van der Waals surface area contributed by atoms with Crippen molar-refractivity contribution >= 4 is 16.9 Å². The molecule has 8 heteroatoms. The van der Waals surface area contributed by atoms with E-state index in [9.17, 15) is 9.59 Å². The van der Waals surface area contributed by atoms with Gasteiger partial charge in [-0.1, -0.05) is 5.16 Å². The Morgan fingerprint density at radius 1 is 1.39 bits per heavy atom. The van der Waals surface area contributed by atoms with Crippen molar-refractivity contribution < 1.29 is 9.32 Å². The average Bonchev–Trinajstić information content (AvgIpc) is 3.05. The highest BCUT2D eigenvalue weighted by atomic mass is 16.5. The number of benzene rings is 1. The van der Waals surface area contributed by atoms with E-state index in [0.717, 1.165) is 11.0 Å². The number of amides is 1. The lowest BCUT2D eigenvalue weighted by Crippen LogP contribution is -2.40. The molecule has 0 aliphatic carbocycles. The lowest BCUT2D eigenvalue weighted by atomic mass is 10.1. The number of rotatable bonds is 3. The second-order valence-electron chi connectivity index (χ2n) is 5.95. The lowest BCUT2D eigenvalue weighted by Gasteiger charge is -2.20. The van der Waals surface area contributed by atoms with Crippen LogP contribution in [0.25, 0.3) is 22.5 Å². The molecule has 0 saturated heterocycles. The summed E-state index contributed by atoms with van der Waals surface area (Å²) in [5.41, 5.74) is 1.26. The van der Waals surface area contributed by atoms with Crippen LogP contribution in [0.2, 0.25) is 0 Å². The minimum absolute atomic E-state index is 0.176. The van der Waals surface area contributed by atoms with Crippen molar-refractivity contribution in [3.8, 4) is 11.5 Å². The Hall–Kier alpha value is -2.90. The third-order valence-electron chi connectivity index (χ3n) is 3.63. The summed E-state index contributed by atoms with van der Waals surface area (Å²) in [5, 5.41) is 6.72. The molecule has 1 amide bonds. The van der Waals surface area contributed by atoms with Crippen LogP contribution < -0.4 is 11.0 Å². The second-order valence-corrected chi connectivity index (χ2v) is 5.95. The average molecular weight is 315 g/mol. The van der Waals surface area contributed by atoms with Gasteiger partial charge >= 0.3 is 5.69 Å². The van der Waals surface area contributed by atoms with Gasteiger partial charge in [0.1, 0.15) is 0 Å². The summed E-state index contributed by atoms with van der Waals surface area (Å²) in [6.45, 7) is 5.02. The van der Waals surface area contributed by atoms with Crippen LogP contribution in [0.5, 0.6) is 0 Å². The van der Waals surface area contributed by atoms with E-state index < -0.39 is 5.54 Å². The number of carbonyl (C=O) groups is 1. The fraction of sp³-hybridized carbons (Fsp3) is 0.333. The van der Waals surface area contributed by atoms with Gasteiger partial charge < -0.3 is 14.8 Å². The molecule has 0 atom stereocenters. The van der Waals surface area contributed by atoms with Crippen molar-refractivity contribution in [2.24, 2.45) is 7.05 Å². The smallest absolute Gasteiger partial charge is 0.326 e. The van der Waals surface area contributed by atoms with Gasteiger partial charge in [-0.15, -0.1) is 0 Å². The van der Waals surface area contributed by atoms with E-state index >= 15 is 0 Å². The van der Waals surface area contributed by atoms with Crippen LogP contribution in [0.1, 0.15) is 26.6 Å². The first-order chi connectivity index (χ1) is 10.8. The minimum Gasteiger partial charge on any atom is -0.344 e. The maximum absolute atomic E-state index is 11.6. The quantitative estimate of drug-likeness (QED) is 0.757. The molecule has 0 aliphatic rings. The maximum atomic E-state index is 11.6. The number of hydrogen-bond acceptors (Lipinski definition) is 5. The number of aryl methyl sites for hydroxylation is 1. The largest absolute Gasteiger partial charge is 0.344 e. The van der Waals surface area contributed by atoms with Crippen molar-refractivity contribution in [1.82, 2.24) is 25.0 Å². The number of nitrogens with zero attached hydrogens (tertiary/aromatic N) is 3. The van der Waals surface area contributed by atoms with Crippen molar-refractivity contribution in [3.63, 3.8) is 0 Å². The molecule has 0 spiro atoms. The Balaban J connectivity index is 2.01. The number of imidazole rings is 1. The van der Waals surface area contributed by atoms with E-state index in [4.69, 9.17) is 4.52 Å². The molecule has 3 aromatic rings. The number of carbonyl (C=O) groups excluding carboxylic acids is 1. The highest BCUT2D eigenvalue weighted by Gasteiger charge is 2.28. The van der Waals surface area contributed by atoms with Crippen LogP contribution in [0.15, 0.2) is 27.5 Å². The van der Waals surface area contributed by atoms with E-state index in [-0.39, 0.29) is 11.6 Å². The van der Waals surface area contributed by atoms with Crippen molar-refractivity contribution in [3.05, 3.63) is 34.5 Å². The molecule has 0 bridgehead atoms. The normalized spacial score (nSPS) is 11.8. The Morgan fingerprint density at radius 3 is 2.83 bits per heavy atom. The maximum Gasteiger partial charge on any atom is 0.326 e. The standard InChI is InChI=1S/C15H17N5O3/c1-8(21)18-15(2,3)13-17-12(23-19-13)9-5-6-10-11(7-9)20(4)14(22)16-10/h5-7H,1-4H3,(H,16,22)(H,18,21). The molecule has 2 aromatic heterocycles. The van der Waals surface area contributed by atoms with Gasteiger partial charge in [-0.25, -0.2) is 4.79 Å². The summed E-state index contributed by atoms with van der Waals surface area (Å²) in [6, 6.07) is 5.38. The minimum atomic E-state index is -0.737. The summed E-state index contributed by atoms with van der Waals surface area (Å²) in [4.78, 5) is 30.0. The first kappa shape index (κ1) is 15.0. The predicted octanol–water partition coefficient (Wildman–Crippen LogP) is 1.29. The van der Waals surface area contributed by atoms with Gasteiger partial charge in [0.05, 0.1) is 16.6 Å². The first-order valence-electron chi connectivity index (χ1n) is 7.10. The fourth-order valence-corrected chi connectivity index (χ4v) is 2.45. The molecular formula is C15H17N5O3. The van der Waals surface area contributed by atoms with Gasteiger partial charge in [0, 0.05) is 19.5 Å². The van der Waals surface area contributed by atoms with Crippen molar-refractivity contribution in [2.45, 2.75) is 26.3 Å². The molecule has 2 heterocycles. The number of hydrogen-bond donors (Lipinski definition) is 2. The molecule has 3 rings (SSSR count). The fourth-order valence-electron chi connectivity index (χ4n) is 2.45. The molecule has 1 aromatic carbocycles. The number of H-pyrrole nitrogens is 1. The molecule has 23 heavy (non-hydrogen) atoms. The predicted molar refractivity (Wildman–Crippen MR) is 83.7 cm³/mol. The number of nitrogens with one attached hydrogen (secondary N) is 2. The summed E-state index contributed by atoms with van der Waals surface area (Å²) in [5.74, 6) is 0.532. The highest BCUT2D eigenvalue weighted by molar-refractivity contribution is 5.80. The molecule has 0 unspecified atom stereocenters. The molecule has 0 radical (unpaired) electrons. The van der Waals surface area contributed by atoms with Crippen LogP contribution in [0.3, 0.4) is 0 Å².